The van der Waals surface area contributed by atoms with Crippen LogP contribution in [0.3, 0.4) is 0 Å². The van der Waals surface area contributed by atoms with Crippen LogP contribution >= 0.6 is 0 Å². The van der Waals surface area contributed by atoms with Crippen molar-refractivity contribution in [2.75, 3.05) is 6.61 Å². The van der Waals surface area contributed by atoms with Crippen LogP contribution in [0.4, 0.5) is 4.39 Å². The maximum absolute atomic E-state index is 13.3. The zero-order valence-electron chi connectivity index (χ0n) is 13.6. The van der Waals surface area contributed by atoms with Gasteiger partial charge in [0, 0.05) is 24.1 Å². The van der Waals surface area contributed by atoms with Crippen molar-refractivity contribution in [3.63, 3.8) is 0 Å². The molecule has 2 N–H and O–H groups in total. The van der Waals surface area contributed by atoms with Crippen molar-refractivity contribution in [2.24, 2.45) is 0 Å². The van der Waals surface area contributed by atoms with E-state index >= 15 is 0 Å². The second-order valence-corrected chi connectivity index (χ2v) is 6.32. The lowest BCUT2D eigenvalue weighted by Crippen LogP contribution is -2.34. The molecule has 3 rings (SSSR count). The van der Waals surface area contributed by atoms with E-state index in [2.05, 4.69) is 10.3 Å². The molecule has 2 heterocycles. The third kappa shape index (κ3) is 3.82. The molecule has 1 aromatic heterocycles. The Labute approximate surface area is 139 Å². The molecule has 2 atom stereocenters. The predicted octanol–water partition coefficient (Wildman–Crippen LogP) is 2.74. The number of hydrogen-bond donors (Lipinski definition) is 2. The lowest BCUT2D eigenvalue weighted by atomic mass is 10.1. The minimum Gasteiger partial charge on any atom is -0.378 e. The number of rotatable bonds is 5. The fourth-order valence-electron chi connectivity index (χ4n) is 3.10. The van der Waals surface area contributed by atoms with Gasteiger partial charge in [-0.2, -0.15) is 0 Å². The van der Waals surface area contributed by atoms with E-state index < -0.39 is 11.4 Å². The Bertz CT molecular complexity index is 796. The molecule has 1 aromatic carbocycles. The van der Waals surface area contributed by atoms with E-state index in [1.807, 2.05) is 6.92 Å². The molecule has 0 bridgehead atoms. The van der Waals surface area contributed by atoms with Crippen LogP contribution in [-0.4, -0.2) is 29.6 Å². The number of carbonyl (C=O) groups excluding carboxylic acids is 1. The van der Waals surface area contributed by atoms with Crippen LogP contribution in [0.25, 0.3) is 10.9 Å². The minimum absolute atomic E-state index is 0.0310. The van der Waals surface area contributed by atoms with Crippen molar-refractivity contribution in [3.8, 4) is 0 Å². The molecule has 2 aromatic rings. The molecule has 1 aliphatic heterocycles. The summed E-state index contributed by atoms with van der Waals surface area (Å²) in [4.78, 5) is 26.8. The molecule has 0 aliphatic carbocycles. The molecule has 1 aliphatic rings. The summed E-state index contributed by atoms with van der Waals surface area (Å²) in [5.74, 6) is -0.779. The van der Waals surface area contributed by atoms with Crippen LogP contribution in [0, 0.1) is 5.82 Å². The highest BCUT2D eigenvalue weighted by Gasteiger charge is 2.18. The third-order valence-corrected chi connectivity index (χ3v) is 4.37. The maximum Gasteiger partial charge on any atom is 0.252 e. The second kappa shape index (κ2) is 7.13. The van der Waals surface area contributed by atoms with E-state index in [1.165, 1.54) is 24.3 Å². The number of fused-ring (bicyclic) bond motifs is 1. The molecular formula is C18H21FN2O3. The highest BCUT2D eigenvalue weighted by Crippen LogP contribution is 2.19. The number of hydrogen-bond acceptors (Lipinski definition) is 3. The van der Waals surface area contributed by atoms with Gasteiger partial charge in [-0.1, -0.05) is 0 Å². The number of carbonyl (C=O) groups is 1. The van der Waals surface area contributed by atoms with Crippen LogP contribution < -0.4 is 10.9 Å². The molecule has 0 unspecified atom stereocenters. The number of halogens is 1. The monoisotopic (exact) mass is 332 g/mol. The first-order valence-electron chi connectivity index (χ1n) is 8.28. The van der Waals surface area contributed by atoms with Crippen LogP contribution in [0.5, 0.6) is 0 Å². The number of nitrogens with one attached hydrogen (secondary N) is 2. The Balaban J connectivity index is 1.72. The molecular weight excluding hydrogens is 311 g/mol. The smallest absolute Gasteiger partial charge is 0.252 e. The summed E-state index contributed by atoms with van der Waals surface area (Å²) in [6.45, 7) is 2.75. The first-order valence-corrected chi connectivity index (χ1v) is 8.28. The number of aromatic nitrogens is 1. The Morgan fingerprint density at radius 3 is 3.04 bits per heavy atom. The third-order valence-electron chi connectivity index (χ3n) is 4.37. The number of ether oxygens (including phenoxy) is 1. The quantitative estimate of drug-likeness (QED) is 0.884. The van der Waals surface area contributed by atoms with E-state index in [-0.39, 0.29) is 23.6 Å². The van der Waals surface area contributed by atoms with E-state index in [9.17, 15) is 14.0 Å². The van der Waals surface area contributed by atoms with E-state index in [0.29, 0.717) is 10.9 Å². The molecule has 1 saturated heterocycles. The SMILES string of the molecule is C[C@@H](CC[C@H]1CCCO1)NC(=O)c1cc(=O)[nH]c2cc(F)ccc12. The maximum atomic E-state index is 13.3. The number of H-pyrrole nitrogens is 1. The lowest BCUT2D eigenvalue weighted by Gasteiger charge is -2.17. The van der Waals surface area contributed by atoms with E-state index in [4.69, 9.17) is 4.74 Å². The number of pyridine rings is 1. The molecule has 0 saturated carbocycles. The van der Waals surface area contributed by atoms with Gasteiger partial charge < -0.3 is 15.0 Å². The summed E-state index contributed by atoms with van der Waals surface area (Å²) in [6.07, 6.45) is 4.17. The van der Waals surface area contributed by atoms with Crippen LogP contribution in [-0.2, 0) is 4.74 Å². The van der Waals surface area contributed by atoms with Gasteiger partial charge >= 0.3 is 0 Å². The number of benzene rings is 1. The van der Waals surface area contributed by atoms with Gasteiger partial charge in [-0.15, -0.1) is 0 Å². The largest absolute Gasteiger partial charge is 0.378 e. The molecule has 0 radical (unpaired) electrons. The van der Waals surface area contributed by atoms with Crippen LogP contribution in [0.1, 0.15) is 43.0 Å². The Hall–Kier alpha value is -2.21. The zero-order chi connectivity index (χ0) is 17.1. The zero-order valence-corrected chi connectivity index (χ0v) is 13.6. The standard InChI is InChI=1S/C18H21FN2O3/c1-11(4-6-13-3-2-8-24-13)20-18(23)15-10-17(22)21-16-9-12(19)5-7-14(15)16/h5,7,9-11,13H,2-4,6,8H2,1H3,(H,20,23)(H,21,22)/t11-,13+/m0/s1. The van der Waals surface area contributed by atoms with Gasteiger partial charge in [0.25, 0.3) is 5.91 Å². The molecule has 5 nitrogen and oxygen atoms in total. The van der Waals surface area contributed by atoms with Crippen molar-refractivity contribution >= 4 is 16.8 Å². The molecule has 24 heavy (non-hydrogen) atoms. The predicted molar refractivity (Wildman–Crippen MR) is 89.7 cm³/mol. The summed E-state index contributed by atoms with van der Waals surface area (Å²) < 4.78 is 18.9. The molecule has 1 fully saturated rings. The van der Waals surface area contributed by atoms with Crippen molar-refractivity contribution in [1.82, 2.24) is 10.3 Å². The normalized spacial score (nSPS) is 18.7. The summed E-state index contributed by atoms with van der Waals surface area (Å²) in [5.41, 5.74) is 0.155. The fourth-order valence-corrected chi connectivity index (χ4v) is 3.10. The van der Waals surface area contributed by atoms with Gasteiger partial charge in [0.2, 0.25) is 5.56 Å². The van der Waals surface area contributed by atoms with Gasteiger partial charge in [0.05, 0.1) is 17.2 Å². The van der Waals surface area contributed by atoms with Crippen molar-refractivity contribution in [3.05, 3.63) is 46.0 Å². The minimum atomic E-state index is -0.458. The van der Waals surface area contributed by atoms with Gasteiger partial charge in [-0.3, -0.25) is 9.59 Å². The summed E-state index contributed by atoms with van der Waals surface area (Å²) in [5, 5.41) is 3.44. The Kier molecular flexibility index (Phi) is 4.94. The van der Waals surface area contributed by atoms with Gasteiger partial charge in [0.15, 0.2) is 0 Å². The molecule has 1 amide bonds. The first-order chi connectivity index (χ1) is 11.5. The fraction of sp³-hybridized carbons (Fsp3) is 0.444. The van der Waals surface area contributed by atoms with E-state index in [0.717, 1.165) is 32.3 Å². The van der Waals surface area contributed by atoms with Gasteiger partial charge in [0.1, 0.15) is 5.82 Å². The van der Waals surface area contributed by atoms with Gasteiger partial charge in [-0.25, -0.2) is 4.39 Å². The second-order valence-electron chi connectivity index (χ2n) is 6.32. The van der Waals surface area contributed by atoms with Crippen LogP contribution in [0.2, 0.25) is 0 Å². The lowest BCUT2D eigenvalue weighted by molar-refractivity contribution is 0.0900. The topological polar surface area (TPSA) is 71.2 Å². The highest BCUT2D eigenvalue weighted by atomic mass is 19.1. The summed E-state index contributed by atoms with van der Waals surface area (Å²) >= 11 is 0. The molecule has 128 valence electrons. The number of amides is 1. The summed E-state index contributed by atoms with van der Waals surface area (Å²) in [7, 11) is 0. The van der Waals surface area contributed by atoms with Crippen molar-refractivity contribution < 1.29 is 13.9 Å². The molecule has 6 heteroatoms. The Morgan fingerprint density at radius 2 is 2.29 bits per heavy atom. The summed E-state index contributed by atoms with van der Waals surface area (Å²) in [6, 6.07) is 5.22. The number of aromatic amines is 1. The van der Waals surface area contributed by atoms with Gasteiger partial charge in [-0.05, 0) is 50.8 Å². The van der Waals surface area contributed by atoms with Crippen molar-refractivity contribution in [1.29, 1.82) is 0 Å². The van der Waals surface area contributed by atoms with Crippen LogP contribution in [0.15, 0.2) is 29.1 Å². The van der Waals surface area contributed by atoms with E-state index in [1.54, 1.807) is 0 Å². The first kappa shape index (κ1) is 16.6. The highest BCUT2D eigenvalue weighted by molar-refractivity contribution is 6.06. The Morgan fingerprint density at radius 1 is 1.46 bits per heavy atom. The molecule has 0 spiro atoms. The van der Waals surface area contributed by atoms with Crippen molar-refractivity contribution in [2.45, 2.75) is 44.8 Å². The average Bonchev–Trinajstić information content (AvgIpc) is 3.05. The average molecular weight is 332 g/mol.